The molecule has 0 saturated heterocycles. The number of benzene rings is 1. The number of halogens is 2. The summed E-state index contributed by atoms with van der Waals surface area (Å²) in [6.45, 7) is 0. The monoisotopic (exact) mass is 351 g/mol. The molecule has 3 rings (SSSR count). The summed E-state index contributed by atoms with van der Waals surface area (Å²) >= 11 is 3.33. The van der Waals surface area contributed by atoms with Gasteiger partial charge in [-0.05, 0) is 18.2 Å². The Morgan fingerprint density at radius 1 is 1.43 bits per heavy atom. The summed E-state index contributed by atoms with van der Waals surface area (Å²) in [4.78, 5) is 11.1. The standard InChI is InChI=1S/C13H11BrFN5O/c14-10-2-1-7(15)3-9(10)12-19-13(21-20-12)11(16)4-8-5-17-6-18-8/h1-3,5-6,11H,4,16H2,(H,17,18). The highest BCUT2D eigenvalue weighted by molar-refractivity contribution is 9.10. The fraction of sp³-hybridized carbons (Fsp3) is 0.154. The number of rotatable bonds is 4. The molecule has 0 aliphatic carbocycles. The normalized spacial score (nSPS) is 12.5. The Hall–Kier alpha value is -2.06. The minimum Gasteiger partial charge on any atom is -0.348 e. The van der Waals surface area contributed by atoms with E-state index >= 15 is 0 Å². The molecule has 0 fully saturated rings. The van der Waals surface area contributed by atoms with Gasteiger partial charge in [-0.3, -0.25) is 0 Å². The average molecular weight is 352 g/mol. The van der Waals surface area contributed by atoms with Crippen LogP contribution in [0.3, 0.4) is 0 Å². The maximum absolute atomic E-state index is 13.3. The smallest absolute Gasteiger partial charge is 0.244 e. The number of nitrogens with zero attached hydrogens (tertiary/aromatic N) is 3. The minimum absolute atomic E-state index is 0.288. The number of nitrogens with one attached hydrogen (secondary N) is 1. The van der Waals surface area contributed by atoms with E-state index < -0.39 is 6.04 Å². The fourth-order valence-corrected chi connectivity index (χ4v) is 2.31. The highest BCUT2D eigenvalue weighted by atomic mass is 79.9. The summed E-state index contributed by atoms with van der Waals surface area (Å²) in [6, 6.07) is 3.81. The molecule has 2 heterocycles. The molecule has 8 heteroatoms. The SMILES string of the molecule is NC(Cc1cnc[nH]1)c1nc(-c2cc(F)ccc2Br)no1. The van der Waals surface area contributed by atoms with Crippen LogP contribution in [-0.2, 0) is 6.42 Å². The molecular weight excluding hydrogens is 341 g/mol. The van der Waals surface area contributed by atoms with Crippen molar-refractivity contribution in [1.29, 1.82) is 0 Å². The van der Waals surface area contributed by atoms with Gasteiger partial charge in [-0.25, -0.2) is 9.37 Å². The zero-order valence-corrected chi connectivity index (χ0v) is 12.3. The van der Waals surface area contributed by atoms with Gasteiger partial charge in [0.15, 0.2) is 0 Å². The molecule has 2 aromatic heterocycles. The summed E-state index contributed by atoms with van der Waals surface area (Å²) in [5.41, 5.74) is 7.40. The van der Waals surface area contributed by atoms with E-state index in [1.54, 1.807) is 18.6 Å². The molecule has 21 heavy (non-hydrogen) atoms. The van der Waals surface area contributed by atoms with Gasteiger partial charge in [0.2, 0.25) is 11.7 Å². The van der Waals surface area contributed by atoms with Crippen molar-refractivity contribution in [3.63, 3.8) is 0 Å². The third-order valence-corrected chi connectivity index (χ3v) is 3.61. The second kappa shape index (κ2) is 5.74. The predicted molar refractivity (Wildman–Crippen MR) is 76.6 cm³/mol. The van der Waals surface area contributed by atoms with E-state index in [1.807, 2.05) is 0 Å². The number of aromatic nitrogens is 4. The predicted octanol–water partition coefficient (Wildman–Crippen LogP) is 2.60. The summed E-state index contributed by atoms with van der Waals surface area (Å²) in [7, 11) is 0. The zero-order chi connectivity index (χ0) is 14.8. The Bertz CT molecular complexity index is 743. The Morgan fingerprint density at radius 2 is 2.29 bits per heavy atom. The third kappa shape index (κ3) is 3.01. The second-order valence-corrected chi connectivity index (χ2v) is 5.32. The van der Waals surface area contributed by atoms with Crippen LogP contribution in [0.15, 0.2) is 39.7 Å². The van der Waals surface area contributed by atoms with Crippen molar-refractivity contribution in [2.75, 3.05) is 0 Å². The van der Waals surface area contributed by atoms with Crippen molar-refractivity contribution >= 4 is 15.9 Å². The molecule has 0 aliphatic heterocycles. The first kappa shape index (κ1) is 13.9. The third-order valence-electron chi connectivity index (χ3n) is 2.92. The van der Waals surface area contributed by atoms with E-state index in [0.717, 1.165) is 5.69 Å². The van der Waals surface area contributed by atoms with E-state index in [0.29, 0.717) is 16.5 Å². The van der Waals surface area contributed by atoms with Crippen LogP contribution >= 0.6 is 15.9 Å². The molecule has 0 bridgehead atoms. The highest BCUT2D eigenvalue weighted by Crippen LogP contribution is 2.27. The van der Waals surface area contributed by atoms with Crippen molar-refractivity contribution in [1.82, 2.24) is 20.1 Å². The Balaban J connectivity index is 1.84. The number of H-pyrrole nitrogens is 1. The van der Waals surface area contributed by atoms with Crippen LogP contribution in [0.25, 0.3) is 11.4 Å². The number of imidazole rings is 1. The first-order valence-corrected chi connectivity index (χ1v) is 6.94. The van der Waals surface area contributed by atoms with Crippen molar-refractivity contribution in [3.05, 3.63) is 52.6 Å². The molecular formula is C13H11BrFN5O. The van der Waals surface area contributed by atoms with Crippen LogP contribution in [0.1, 0.15) is 17.6 Å². The van der Waals surface area contributed by atoms with Crippen molar-refractivity contribution < 1.29 is 8.91 Å². The van der Waals surface area contributed by atoms with E-state index in [-0.39, 0.29) is 17.5 Å². The van der Waals surface area contributed by atoms with Gasteiger partial charge in [-0.1, -0.05) is 21.1 Å². The van der Waals surface area contributed by atoms with Crippen LogP contribution in [0, 0.1) is 5.82 Å². The molecule has 6 nitrogen and oxygen atoms in total. The minimum atomic E-state index is -0.459. The van der Waals surface area contributed by atoms with Gasteiger partial charge in [-0.15, -0.1) is 0 Å². The van der Waals surface area contributed by atoms with Crippen molar-refractivity contribution in [2.45, 2.75) is 12.5 Å². The molecule has 0 saturated carbocycles. The van der Waals surface area contributed by atoms with Crippen molar-refractivity contribution in [2.24, 2.45) is 5.73 Å². The lowest BCUT2D eigenvalue weighted by Crippen LogP contribution is -2.14. The molecule has 0 spiro atoms. The number of nitrogens with two attached hydrogens (primary N) is 1. The topological polar surface area (TPSA) is 93.6 Å². The number of aromatic amines is 1. The van der Waals surface area contributed by atoms with Gasteiger partial charge in [0.1, 0.15) is 5.82 Å². The molecule has 108 valence electrons. The summed E-state index contributed by atoms with van der Waals surface area (Å²) < 4.78 is 19.1. The molecule has 1 aromatic carbocycles. The summed E-state index contributed by atoms with van der Waals surface area (Å²) in [6.07, 6.45) is 3.75. The molecule has 1 atom stereocenters. The number of hydrogen-bond donors (Lipinski definition) is 2. The summed E-state index contributed by atoms with van der Waals surface area (Å²) in [5, 5.41) is 3.85. The molecule has 0 radical (unpaired) electrons. The molecule has 0 amide bonds. The summed E-state index contributed by atoms with van der Waals surface area (Å²) in [5.74, 6) is 0.202. The van der Waals surface area contributed by atoms with E-state index in [1.165, 1.54) is 12.1 Å². The Labute approximate surface area is 127 Å². The first-order chi connectivity index (χ1) is 10.1. The first-order valence-electron chi connectivity index (χ1n) is 6.15. The lowest BCUT2D eigenvalue weighted by Gasteiger charge is -2.03. The van der Waals surface area contributed by atoms with Gasteiger partial charge in [0.05, 0.1) is 12.4 Å². The largest absolute Gasteiger partial charge is 0.348 e. The lowest BCUT2D eigenvalue weighted by molar-refractivity contribution is 0.354. The van der Waals surface area contributed by atoms with E-state index in [2.05, 4.69) is 36.0 Å². The average Bonchev–Trinajstić information content (AvgIpc) is 3.12. The van der Waals surface area contributed by atoms with Crippen LogP contribution in [-0.4, -0.2) is 20.1 Å². The molecule has 1 unspecified atom stereocenters. The van der Waals surface area contributed by atoms with E-state index in [4.69, 9.17) is 10.3 Å². The molecule has 3 N–H and O–H groups in total. The van der Waals surface area contributed by atoms with Gasteiger partial charge in [0.25, 0.3) is 0 Å². The van der Waals surface area contributed by atoms with Gasteiger partial charge in [-0.2, -0.15) is 4.98 Å². The van der Waals surface area contributed by atoms with Gasteiger partial charge < -0.3 is 15.2 Å². The van der Waals surface area contributed by atoms with Crippen LogP contribution in [0.5, 0.6) is 0 Å². The Morgan fingerprint density at radius 3 is 3.05 bits per heavy atom. The highest BCUT2D eigenvalue weighted by Gasteiger charge is 2.18. The van der Waals surface area contributed by atoms with Gasteiger partial charge in [0, 0.05) is 28.3 Å². The molecule has 0 aliphatic rings. The van der Waals surface area contributed by atoms with Gasteiger partial charge >= 0.3 is 0 Å². The van der Waals surface area contributed by atoms with Crippen molar-refractivity contribution in [3.8, 4) is 11.4 Å². The van der Waals surface area contributed by atoms with E-state index in [9.17, 15) is 4.39 Å². The van der Waals surface area contributed by atoms with Crippen LogP contribution in [0.2, 0.25) is 0 Å². The van der Waals surface area contributed by atoms with Crippen LogP contribution < -0.4 is 5.73 Å². The zero-order valence-electron chi connectivity index (χ0n) is 10.8. The lowest BCUT2D eigenvalue weighted by atomic mass is 10.2. The second-order valence-electron chi connectivity index (χ2n) is 4.47. The Kier molecular flexibility index (Phi) is 3.80. The quantitative estimate of drug-likeness (QED) is 0.753. The maximum atomic E-state index is 13.3. The van der Waals surface area contributed by atoms with Crippen LogP contribution in [0.4, 0.5) is 4.39 Å². The maximum Gasteiger partial charge on any atom is 0.244 e. The molecule has 3 aromatic rings. The fourth-order valence-electron chi connectivity index (χ4n) is 1.88. The number of hydrogen-bond acceptors (Lipinski definition) is 5.